The van der Waals surface area contributed by atoms with Crippen molar-refractivity contribution in [2.75, 3.05) is 0 Å². The summed E-state index contributed by atoms with van der Waals surface area (Å²) in [6.07, 6.45) is 6.71. The molecule has 1 aromatic heterocycles. The van der Waals surface area contributed by atoms with Gasteiger partial charge >= 0.3 is 0 Å². The minimum atomic E-state index is 1.10. The molecule has 0 saturated carbocycles. The Balaban J connectivity index is 2.50. The van der Waals surface area contributed by atoms with Crippen LogP contribution in [0.3, 0.4) is 0 Å². The molecule has 0 N–H and O–H groups in total. The Labute approximate surface area is 72.6 Å². The van der Waals surface area contributed by atoms with Crippen LogP contribution in [0.25, 0.3) is 0 Å². The van der Waals surface area contributed by atoms with Crippen LogP contribution in [-0.4, -0.2) is 0 Å². The average Bonchev–Trinajstić information content (AvgIpc) is 2.37. The minimum absolute atomic E-state index is 1.10. The van der Waals surface area contributed by atoms with E-state index in [0.717, 1.165) is 12.8 Å². The molecule has 0 aliphatic rings. The highest BCUT2D eigenvalue weighted by Crippen LogP contribution is 2.15. The van der Waals surface area contributed by atoms with Crippen LogP contribution >= 0.6 is 11.3 Å². The first-order valence-electron chi connectivity index (χ1n) is 4.02. The SMILES string of the molecule is CC/C=C\Cc1ccsc1C. The standard InChI is InChI=1S/C10H14S/c1-3-4-5-6-10-7-8-11-9(10)2/h4-5,7-8H,3,6H2,1-2H3/b5-4-. The molecule has 0 saturated heterocycles. The van der Waals surface area contributed by atoms with Gasteiger partial charge in [-0.05, 0) is 36.8 Å². The van der Waals surface area contributed by atoms with Crippen molar-refractivity contribution < 1.29 is 0 Å². The van der Waals surface area contributed by atoms with Crippen LogP contribution in [0.5, 0.6) is 0 Å². The molecule has 0 fully saturated rings. The van der Waals surface area contributed by atoms with Crippen molar-refractivity contribution in [2.45, 2.75) is 26.7 Å². The normalized spacial score (nSPS) is 11.1. The number of allylic oxidation sites excluding steroid dienone is 2. The minimum Gasteiger partial charge on any atom is -0.149 e. The van der Waals surface area contributed by atoms with Crippen LogP contribution in [0, 0.1) is 6.92 Å². The summed E-state index contributed by atoms with van der Waals surface area (Å²) >= 11 is 1.83. The molecule has 0 aromatic carbocycles. The number of hydrogen-bond acceptors (Lipinski definition) is 1. The van der Waals surface area contributed by atoms with Gasteiger partial charge in [-0.25, -0.2) is 0 Å². The second kappa shape index (κ2) is 4.35. The molecule has 0 bridgehead atoms. The molecule has 1 rings (SSSR count). The summed E-state index contributed by atoms with van der Waals surface area (Å²) < 4.78 is 0. The number of thiophene rings is 1. The van der Waals surface area contributed by atoms with Gasteiger partial charge < -0.3 is 0 Å². The fourth-order valence-corrected chi connectivity index (χ4v) is 1.74. The number of hydrogen-bond donors (Lipinski definition) is 0. The predicted octanol–water partition coefficient (Wildman–Crippen LogP) is 3.57. The average molecular weight is 166 g/mol. The molecule has 1 heteroatoms. The predicted molar refractivity (Wildman–Crippen MR) is 52.2 cm³/mol. The summed E-state index contributed by atoms with van der Waals surface area (Å²) in [5.41, 5.74) is 1.47. The van der Waals surface area contributed by atoms with Gasteiger partial charge in [0.05, 0.1) is 0 Å². The maximum atomic E-state index is 2.25. The monoisotopic (exact) mass is 166 g/mol. The van der Waals surface area contributed by atoms with Gasteiger partial charge in [0.1, 0.15) is 0 Å². The molecule has 1 aromatic rings. The van der Waals surface area contributed by atoms with Crippen molar-refractivity contribution in [3.8, 4) is 0 Å². The number of aryl methyl sites for hydroxylation is 1. The van der Waals surface area contributed by atoms with Crippen molar-refractivity contribution in [3.05, 3.63) is 34.0 Å². The topological polar surface area (TPSA) is 0 Å². The highest BCUT2D eigenvalue weighted by molar-refractivity contribution is 7.10. The van der Waals surface area contributed by atoms with Crippen molar-refractivity contribution >= 4 is 11.3 Å². The van der Waals surface area contributed by atoms with Gasteiger partial charge in [0.25, 0.3) is 0 Å². The number of rotatable bonds is 3. The van der Waals surface area contributed by atoms with Crippen LogP contribution in [-0.2, 0) is 6.42 Å². The second-order valence-corrected chi connectivity index (χ2v) is 3.71. The molecule has 0 atom stereocenters. The Morgan fingerprint density at radius 3 is 2.82 bits per heavy atom. The van der Waals surface area contributed by atoms with Gasteiger partial charge in [0.2, 0.25) is 0 Å². The van der Waals surface area contributed by atoms with Crippen molar-refractivity contribution in [1.82, 2.24) is 0 Å². The summed E-state index contributed by atoms with van der Waals surface area (Å²) in [7, 11) is 0. The van der Waals surface area contributed by atoms with Gasteiger partial charge in [0.15, 0.2) is 0 Å². The van der Waals surface area contributed by atoms with Gasteiger partial charge in [-0.2, -0.15) is 0 Å². The third-order valence-corrected chi connectivity index (χ3v) is 2.59. The first-order valence-corrected chi connectivity index (χ1v) is 4.90. The zero-order valence-electron chi connectivity index (χ0n) is 7.13. The summed E-state index contributed by atoms with van der Waals surface area (Å²) in [4.78, 5) is 1.45. The highest BCUT2D eigenvalue weighted by Gasteiger charge is 1.94. The third kappa shape index (κ3) is 2.51. The van der Waals surface area contributed by atoms with Crippen LogP contribution in [0.15, 0.2) is 23.6 Å². The van der Waals surface area contributed by atoms with E-state index in [1.54, 1.807) is 0 Å². The molecule has 0 aliphatic carbocycles. The molecular weight excluding hydrogens is 152 g/mol. The molecule has 60 valence electrons. The van der Waals surface area contributed by atoms with E-state index in [0.29, 0.717) is 0 Å². The Morgan fingerprint density at radius 2 is 2.27 bits per heavy atom. The zero-order valence-corrected chi connectivity index (χ0v) is 7.95. The van der Waals surface area contributed by atoms with Crippen molar-refractivity contribution in [2.24, 2.45) is 0 Å². The molecule has 0 aliphatic heterocycles. The van der Waals surface area contributed by atoms with E-state index in [9.17, 15) is 0 Å². The Morgan fingerprint density at radius 1 is 1.45 bits per heavy atom. The summed E-state index contributed by atoms with van der Waals surface area (Å²) in [5, 5.41) is 2.16. The van der Waals surface area contributed by atoms with E-state index in [1.165, 1.54) is 10.4 Å². The van der Waals surface area contributed by atoms with Crippen LogP contribution in [0.2, 0.25) is 0 Å². The first kappa shape index (κ1) is 8.54. The summed E-state index contributed by atoms with van der Waals surface area (Å²) in [5.74, 6) is 0. The Hall–Kier alpha value is -0.560. The van der Waals surface area contributed by atoms with Crippen LogP contribution in [0.1, 0.15) is 23.8 Å². The highest BCUT2D eigenvalue weighted by atomic mass is 32.1. The van der Waals surface area contributed by atoms with Crippen molar-refractivity contribution in [1.29, 1.82) is 0 Å². The lowest BCUT2D eigenvalue weighted by Gasteiger charge is -1.91. The van der Waals surface area contributed by atoms with E-state index >= 15 is 0 Å². The van der Waals surface area contributed by atoms with E-state index in [-0.39, 0.29) is 0 Å². The van der Waals surface area contributed by atoms with Crippen molar-refractivity contribution in [3.63, 3.8) is 0 Å². The molecule has 0 spiro atoms. The molecule has 11 heavy (non-hydrogen) atoms. The maximum absolute atomic E-state index is 2.25. The van der Waals surface area contributed by atoms with E-state index in [2.05, 4.69) is 37.4 Å². The lowest BCUT2D eigenvalue weighted by Crippen LogP contribution is -1.77. The van der Waals surface area contributed by atoms with E-state index in [4.69, 9.17) is 0 Å². The molecule has 0 amide bonds. The van der Waals surface area contributed by atoms with Gasteiger partial charge in [-0.15, -0.1) is 11.3 Å². The van der Waals surface area contributed by atoms with Gasteiger partial charge in [0, 0.05) is 4.88 Å². The molecule has 0 unspecified atom stereocenters. The van der Waals surface area contributed by atoms with Gasteiger partial charge in [-0.1, -0.05) is 19.1 Å². The van der Waals surface area contributed by atoms with E-state index in [1.807, 2.05) is 11.3 Å². The van der Waals surface area contributed by atoms with Gasteiger partial charge in [-0.3, -0.25) is 0 Å². The molecule has 1 heterocycles. The largest absolute Gasteiger partial charge is 0.149 e. The smallest absolute Gasteiger partial charge is 0.00493 e. The van der Waals surface area contributed by atoms with E-state index < -0.39 is 0 Å². The molecule has 0 radical (unpaired) electrons. The first-order chi connectivity index (χ1) is 5.34. The maximum Gasteiger partial charge on any atom is 0.00493 e. The Kier molecular flexibility index (Phi) is 3.37. The van der Waals surface area contributed by atoms with Crippen LogP contribution in [0.4, 0.5) is 0 Å². The lowest BCUT2D eigenvalue weighted by atomic mass is 10.2. The lowest BCUT2D eigenvalue weighted by molar-refractivity contribution is 1.17. The summed E-state index contributed by atoms with van der Waals surface area (Å²) in [6, 6.07) is 2.21. The quantitative estimate of drug-likeness (QED) is 0.602. The fourth-order valence-electron chi connectivity index (χ4n) is 1.000. The zero-order chi connectivity index (χ0) is 8.10. The van der Waals surface area contributed by atoms with Crippen LogP contribution < -0.4 is 0 Å². The fraction of sp³-hybridized carbons (Fsp3) is 0.400. The molecule has 0 nitrogen and oxygen atoms in total. The molecular formula is C10H14S. The second-order valence-electron chi connectivity index (χ2n) is 2.59. The third-order valence-electron chi connectivity index (χ3n) is 1.71. The summed E-state index contributed by atoms with van der Waals surface area (Å²) in [6.45, 7) is 4.34. The Bertz CT molecular complexity index is 233.